The summed E-state index contributed by atoms with van der Waals surface area (Å²) in [5.74, 6) is -0.129. The number of benzene rings is 2. The molecule has 124 valence electrons. The summed E-state index contributed by atoms with van der Waals surface area (Å²) in [5.41, 5.74) is 4.38. The minimum atomic E-state index is -0.129. The minimum absolute atomic E-state index is 0.129. The molecule has 0 aliphatic carbocycles. The third-order valence-electron chi connectivity index (χ3n) is 4.37. The number of halogens is 1. The highest BCUT2D eigenvalue weighted by atomic mass is 35.5. The molecule has 0 unspecified atom stereocenters. The average molecular weight is 350 g/mol. The van der Waals surface area contributed by atoms with Crippen molar-refractivity contribution in [2.24, 2.45) is 0 Å². The van der Waals surface area contributed by atoms with Gasteiger partial charge in [0.05, 0.1) is 11.2 Å². The summed E-state index contributed by atoms with van der Waals surface area (Å²) < 4.78 is 0. The Kier molecular flexibility index (Phi) is 3.90. The molecule has 0 aliphatic rings. The van der Waals surface area contributed by atoms with Crippen LogP contribution in [0, 0.1) is 6.92 Å². The van der Waals surface area contributed by atoms with E-state index < -0.39 is 0 Å². The maximum Gasteiger partial charge on any atom is 0.251 e. The lowest BCUT2D eigenvalue weighted by atomic mass is 10.1. The minimum Gasteiger partial charge on any atom is -0.353 e. The second-order valence-electron chi connectivity index (χ2n) is 5.98. The van der Waals surface area contributed by atoms with Gasteiger partial charge in [0, 0.05) is 39.6 Å². The third kappa shape index (κ3) is 2.85. The number of fused-ring (bicyclic) bond motifs is 3. The van der Waals surface area contributed by atoms with Gasteiger partial charge in [-0.3, -0.25) is 9.78 Å². The van der Waals surface area contributed by atoms with E-state index in [1.165, 1.54) is 0 Å². The van der Waals surface area contributed by atoms with Crippen molar-refractivity contribution in [1.82, 2.24) is 15.3 Å². The molecule has 0 saturated heterocycles. The maximum absolute atomic E-state index is 12.5. The van der Waals surface area contributed by atoms with Crippen LogP contribution < -0.4 is 5.32 Å². The predicted molar refractivity (Wildman–Crippen MR) is 101 cm³/mol. The lowest BCUT2D eigenvalue weighted by Gasteiger charge is -2.07. The number of hydrogen-bond donors (Lipinski definition) is 2. The first-order valence-corrected chi connectivity index (χ1v) is 8.40. The lowest BCUT2D eigenvalue weighted by molar-refractivity contribution is 0.0951. The molecule has 2 aromatic heterocycles. The van der Waals surface area contributed by atoms with Crippen LogP contribution in [-0.2, 0) is 6.54 Å². The Morgan fingerprint density at radius 1 is 1.16 bits per heavy atom. The lowest BCUT2D eigenvalue weighted by Crippen LogP contribution is -2.22. The van der Waals surface area contributed by atoms with Crippen molar-refractivity contribution in [3.63, 3.8) is 0 Å². The van der Waals surface area contributed by atoms with Crippen LogP contribution in [-0.4, -0.2) is 15.9 Å². The number of amides is 1. The Hall–Kier alpha value is -2.85. The molecule has 1 amide bonds. The molecule has 0 atom stereocenters. The molecule has 0 fully saturated rings. The highest BCUT2D eigenvalue weighted by Crippen LogP contribution is 2.27. The zero-order chi connectivity index (χ0) is 17.4. The van der Waals surface area contributed by atoms with Gasteiger partial charge in [-0.25, -0.2) is 0 Å². The van der Waals surface area contributed by atoms with Gasteiger partial charge in [-0.2, -0.15) is 0 Å². The monoisotopic (exact) mass is 349 g/mol. The summed E-state index contributed by atoms with van der Waals surface area (Å²) in [6, 6.07) is 15.2. The molecule has 4 nitrogen and oxygen atoms in total. The van der Waals surface area contributed by atoms with Crippen LogP contribution in [0.4, 0.5) is 0 Å². The van der Waals surface area contributed by atoms with Crippen LogP contribution in [0.25, 0.3) is 21.8 Å². The Labute approximate surface area is 149 Å². The van der Waals surface area contributed by atoms with Crippen molar-refractivity contribution in [3.8, 4) is 0 Å². The molecule has 0 aliphatic heterocycles. The van der Waals surface area contributed by atoms with Crippen molar-refractivity contribution in [1.29, 1.82) is 0 Å². The Bertz CT molecular complexity index is 1100. The second kappa shape index (κ2) is 6.22. The van der Waals surface area contributed by atoms with Gasteiger partial charge in [0.2, 0.25) is 0 Å². The van der Waals surface area contributed by atoms with Gasteiger partial charge in [-0.15, -0.1) is 0 Å². The van der Waals surface area contributed by atoms with E-state index in [-0.39, 0.29) is 5.91 Å². The maximum atomic E-state index is 12.5. The van der Waals surface area contributed by atoms with Crippen LogP contribution in [0.15, 0.2) is 54.7 Å². The van der Waals surface area contributed by atoms with Gasteiger partial charge in [0.15, 0.2) is 0 Å². The summed E-state index contributed by atoms with van der Waals surface area (Å²) in [4.78, 5) is 20.1. The number of hydrogen-bond acceptors (Lipinski definition) is 2. The molecule has 5 heteroatoms. The first-order valence-electron chi connectivity index (χ1n) is 8.02. The number of carbonyl (C=O) groups is 1. The molecule has 0 spiro atoms. The van der Waals surface area contributed by atoms with E-state index in [0.717, 1.165) is 33.1 Å². The van der Waals surface area contributed by atoms with Crippen LogP contribution in [0.3, 0.4) is 0 Å². The smallest absolute Gasteiger partial charge is 0.251 e. The molecule has 2 aromatic carbocycles. The van der Waals surface area contributed by atoms with Gasteiger partial charge in [-0.1, -0.05) is 35.9 Å². The third-order valence-corrected chi connectivity index (χ3v) is 4.74. The summed E-state index contributed by atoms with van der Waals surface area (Å²) in [7, 11) is 0. The zero-order valence-corrected chi connectivity index (χ0v) is 14.4. The standard InChI is InChI=1S/C20H16ClN3O/c1-12-19-16(8-9-22-12)15-7-6-13(10-18(15)24-19)20(25)23-11-14-4-2-3-5-17(14)21/h2-10,24H,11H2,1H3,(H,23,25). The molecule has 4 rings (SSSR count). The quantitative estimate of drug-likeness (QED) is 0.567. The van der Waals surface area contributed by atoms with E-state index in [1.54, 1.807) is 6.20 Å². The van der Waals surface area contributed by atoms with E-state index in [1.807, 2.05) is 55.5 Å². The Morgan fingerprint density at radius 3 is 2.84 bits per heavy atom. The number of aryl methyl sites for hydroxylation is 1. The fraction of sp³-hybridized carbons (Fsp3) is 0.100. The van der Waals surface area contributed by atoms with Gasteiger partial charge >= 0.3 is 0 Å². The Morgan fingerprint density at radius 2 is 2.00 bits per heavy atom. The predicted octanol–water partition coefficient (Wildman–Crippen LogP) is 4.61. The first kappa shape index (κ1) is 15.7. The van der Waals surface area contributed by atoms with E-state index in [9.17, 15) is 4.79 Å². The van der Waals surface area contributed by atoms with Crippen molar-refractivity contribution >= 4 is 39.3 Å². The zero-order valence-electron chi connectivity index (χ0n) is 13.6. The highest BCUT2D eigenvalue weighted by Gasteiger charge is 2.11. The molecule has 2 N–H and O–H groups in total. The average Bonchev–Trinajstić information content (AvgIpc) is 3.00. The van der Waals surface area contributed by atoms with Gasteiger partial charge in [-0.05, 0) is 36.8 Å². The largest absolute Gasteiger partial charge is 0.353 e. The van der Waals surface area contributed by atoms with E-state index in [4.69, 9.17) is 11.6 Å². The van der Waals surface area contributed by atoms with Crippen LogP contribution >= 0.6 is 11.6 Å². The van der Waals surface area contributed by atoms with Crippen molar-refractivity contribution in [2.75, 3.05) is 0 Å². The summed E-state index contributed by atoms with van der Waals surface area (Å²) in [6.45, 7) is 2.36. The fourth-order valence-corrected chi connectivity index (χ4v) is 3.23. The number of nitrogens with zero attached hydrogens (tertiary/aromatic N) is 1. The molecular weight excluding hydrogens is 334 g/mol. The molecular formula is C20H16ClN3O. The molecule has 25 heavy (non-hydrogen) atoms. The second-order valence-corrected chi connectivity index (χ2v) is 6.39. The number of carbonyl (C=O) groups excluding carboxylic acids is 1. The van der Waals surface area contributed by atoms with Crippen LogP contribution in [0.2, 0.25) is 5.02 Å². The van der Waals surface area contributed by atoms with Crippen LogP contribution in [0.5, 0.6) is 0 Å². The van der Waals surface area contributed by atoms with Gasteiger partial charge in [0.1, 0.15) is 0 Å². The topological polar surface area (TPSA) is 57.8 Å². The Balaban J connectivity index is 1.63. The van der Waals surface area contributed by atoms with Gasteiger partial charge < -0.3 is 10.3 Å². The first-order chi connectivity index (χ1) is 12.1. The van der Waals surface area contributed by atoms with E-state index in [2.05, 4.69) is 15.3 Å². The molecule has 0 saturated carbocycles. The van der Waals surface area contributed by atoms with Crippen molar-refractivity contribution in [3.05, 3.63) is 76.6 Å². The summed E-state index contributed by atoms with van der Waals surface area (Å²) in [6.07, 6.45) is 1.80. The number of aromatic nitrogens is 2. The fourth-order valence-electron chi connectivity index (χ4n) is 3.03. The molecule has 0 radical (unpaired) electrons. The van der Waals surface area contributed by atoms with E-state index >= 15 is 0 Å². The normalized spacial score (nSPS) is 11.1. The highest BCUT2D eigenvalue weighted by molar-refractivity contribution is 6.31. The van der Waals surface area contributed by atoms with Crippen molar-refractivity contribution in [2.45, 2.75) is 13.5 Å². The number of rotatable bonds is 3. The number of nitrogens with one attached hydrogen (secondary N) is 2. The molecule has 2 heterocycles. The molecule has 0 bridgehead atoms. The van der Waals surface area contributed by atoms with Crippen LogP contribution in [0.1, 0.15) is 21.6 Å². The number of pyridine rings is 1. The van der Waals surface area contributed by atoms with Gasteiger partial charge in [0.25, 0.3) is 5.91 Å². The number of aromatic amines is 1. The summed E-state index contributed by atoms with van der Waals surface area (Å²) in [5, 5.41) is 5.77. The van der Waals surface area contributed by atoms with E-state index in [0.29, 0.717) is 17.1 Å². The SMILES string of the molecule is Cc1nccc2c1[nH]c1cc(C(=O)NCc3ccccc3Cl)ccc12. The number of H-pyrrole nitrogens is 1. The molecule has 4 aromatic rings. The summed E-state index contributed by atoms with van der Waals surface area (Å²) >= 11 is 6.13. The van der Waals surface area contributed by atoms with Crippen molar-refractivity contribution < 1.29 is 4.79 Å².